The lowest BCUT2D eigenvalue weighted by Gasteiger charge is -2.06. The van der Waals surface area contributed by atoms with E-state index in [2.05, 4.69) is 4.98 Å². The third-order valence-electron chi connectivity index (χ3n) is 3.84. The fourth-order valence-corrected chi connectivity index (χ4v) is 2.93. The SMILES string of the molecule is Nc1ccc(-c2cccc(-c3nc4cc(F)c(F)cc4o3)c2)c(Cl)c1. The molecule has 4 aromatic rings. The fraction of sp³-hybridized carbons (Fsp3) is 0. The summed E-state index contributed by atoms with van der Waals surface area (Å²) in [6.07, 6.45) is 0. The van der Waals surface area contributed by atoms with Gasteiger partial charge in [-0.15, -0.1) is 0 Å². The van der Waals surface area contributed by atoms with Gasteiger partial charge < -0.3 is 10.2 Å². The quantitative estimate of drug-likeness (QED) is 0.470. The molecule has 0 radical (unpaired) electrons. The number of fused-ring (bicyclic) bond motifs is 1. The first-order valence-electron chi connectivity index (χ1n) is 7.43. The molecule has 0 aliphatic rings. The number of oxazole rings is 1. The van der Waals surface area contributed by atoms with Crippen LogP contribution in [0.3, 0.4) is 0 Å². The first-order valence-corrected chi connectivity index (χ1v) is 7.80. The minimum Gasteiger partial charge on any atom is -0.436 e. The zero-order valence-electron chi connectivity index (χ0n) is 12.8. The average Bonchev–Trinajstić information content (AvgIpc) is 2.98. The van der Waals surface area contributed by atoms with Gasteiger partial charge in [0.2, 0.25) is 5.89 Å². The van der Waals surface area contributed by atoms with Gasteiger partial charge in [-0.25, -0.2) is 13.8 Å². The Kier molecular flexibility index (Phi) is 3.66. The van der Waals surface area contributed by atoms with E-state index in [1.807, 2.05) is 24.3 Å². The van der Waals surface area contributed by atoms with Crippen LogP contribution in [-0.4, -0.2) is 4.98 Å². The predicted octanol–water partition coefficient (Wildman–Crippen LogP) is 5.68. The Balaban J connectivity index is 1.81. The molecule has 4 rings (SSSR count). The largest absolute Gasteiger partial charge is 0.436 e. The van der Waals surface area contributed by atoms with Gasteiger partial charge >= 0.3 is 0 Å². The molecule has 0 spiro atoms. The zero-order valence-corrected chi connectivity index (χ0v) is 13.5. The maximum atomic E-state index is 13.3. The topological polar surface area (TPSA) is 52.0 Å². The van der Waals surface area contributed by atoms with Crippen LogP contribution in [0.15, 0.2) is 59.0 Å². The number of nitrogens with two attached hydrogens (primary N) is 1. The van der Waals surface area contributed by atoms with Crippen LogP contribution in [0.4, 0.5) is 14.5 Å². The van der Waals surface area contributed by atoms with Crippen molar-refractivity contribution in [3.05, 3.63) is 71.3 Å². The number of anilines is 1. The molecule has 0 atom stereocenters. The van der Waals surface area contributed by atoms with E-state index in [4.69, 9.17) is 21.8 Å². The zero-order chi connectivity index (χ0) is 17.6. The highest BCUT2D eigenvalue weighted by atomic mass is 35.5. The van der Waals surface area contributed by atoms with Gasteiger partial charge in [0.1, 0.15) is 5.52 Å². The van der Waals surface area contributed by atoms with Crippen LogP contribution >= 0.6 is 11.6 Å². The summed E-state index contributed by atoms with van der Waals surface area (Å²) >= 11 is 6.26. The lowest BCUT2D eigenvalue weighted by molar-refractivity contribution is 0.507. The summed E-state index contributed by atoms with van der Waals surface area (Å²) in [5, 5.41) is 0.527. The third kappa shape index (κ3) is 2.83. The molecule has 0 aliphatic heterocycles. The van der Waals surface area contributed by atoms with E-state index >= 15 is 0 Å². The van der Waals surface area contributed by atoms with E-state index in [1.54, 1.807) is 18.2 Å². The van der Waals surface area contributed by atoms with Crippen LogP contribution in [0.25, 0.3) is 33.7 Å². The molecule has 0 saturated heterocycles. The van der Waals surface area contributed by atoms with Crippen molar-refractivity contribution in [3.63, 3.8) is 0 Å². The molecule has 0 saturated carbocycles. The van der Waals surface area contributed by atoms with Gasteiger partial charge in [0.25, 0.3) is 0 Å². The van der Waals surface area contributed by atoms with Crippen molar-refractivity contribution >= 4 is 28.4 Å². The lowest BCUT2D eigenvalue weighted by Crippen LogP contribution is -1.87. The fourth-order valence-electron chi connectivity index (χ4n) is 2.63. The first kappa shape index (κ1) is 15.6. The molecule has 0 fully saturated rings. The summed E-state index contributed by atoms with van der Waals surface area (Å²) < 4.78 is 32.2. The van der Waals surface area contributed by atoms with E-state index in [1.165, 1.54) is 0 Å². The number of nitrogen functional groups attached to an aromatic ring is 1. The minimum atomic E-state index is -0.974. The lowest BCUT2D eigenvalue weighted by atomic mass is 10.0. The van der Waals surface area contributed by atoms with Crippen molar-refractivity contribution in [2.24, 2.45) is 0 Å². The summed E-state index contributed by atoms with van der Waals surface area (Å²) in [4.78, 5) is 4.23. The van der Waals surface area contributed by atoms with Crippen molar-refractivity contribution in [2.75, 3.05) is 5.73 Å². The van der Waals surface area contributed by atoms with Crippen molar-refractivity contribution in [1.29, 1.82) is 0 Å². The highest BCUT2D eigenvalue weighted by Crippen LogP contribution is 2.33. The first-order chi connectivity index (χ1) is 12.0. The van der Waals surface area contributed by atoms with Gasteiger partial charge in [0, 0.05) is 28.9 Å². The van der Waals surface area contributed by atoms with Crippen LogP contribution in [0.5, 0.6) is 0 Å². The molecule has 6 heteroatoms. The maximum Gasteiger partial charge on any atom is 0.227 e. The molecule has 124 valence electrons. The molecule has 0 bridgehead atoms. The van der Waals surface area contributed by atoms with Gasteiger partial charge in [-0.2, -0.15) is 0 Å². The second kappa shape index (κ2) is 5.86. The number of benzene rings is 3. The summed E-state index contributed by atoms with van der Waals surface area (Å²) in [7, 11) is 0. The summed E-state index contributed by atoms with van der Waals surface area (Å²) in [5.41, 5.74) is 9.07. The number of hydrogen-bond acceptors (Lipinski definition) is 3. The Labute approximate surface area is 146 Å². The normalized spacial score (nSPS) is 11.2. The summed E-state index contributed by atoms with van der Waals surface area (Å²) in [5.74, 6) is -1.67. The van der Waals surface area contributed by atoms with E-state index in [0.29, 0.717) is 16.3 Å². The van der Waals surface area contributed by atoms with Crippen LogP contribution in [0, 0.1) is 11.6 Å². The Morgan fingerprint density at radius 3 is 2.48 bits per heavy atom. The molecule has 0 unspecified atom stereocenters. The maximum absolute atomic E-state index is 13.3. The van der Waals surface area contributed by atoms with Crippen LogP contribution in [0.2, 0.25) is 5.02 Å². The van der Waals surface area contributed by atoms with Crippen LogP contribution in [0.1, 0.15) is 0 Å². The van der Waals surface area contributed by atoms with Crippen LogP contribution in [-0.2, 0) is 0 Å². The Bertz CT molecular complexity index is 1070. The summed E-state index contributed by atoms with van der Waals surface area (Å²) in [6, 6.07) is 14.6. The van der Waals surface area contributed by atoms with E-state index in [-0.39, 0.29) is 17.0 Å². The molecule has 3 nitrogen and oxygen atoms in total. The third-order valence-corrected chi connectivity index (χ3v) is 4.16. The number of nitrogens with zero attached hydrogens (tertiary/aromatic N) is 1. The van der Waals surface area contributed by atoms with Gasteiger partial charge in [0.15, 0.2) is 17.2 Å². The average molecular weight is 357 g/mol. The number of hydrogen-bond donors (Lipinski definition) is 1. The van der Waals surface area contributed by atoms with Gasteiger partial charge in [-0.1, -0.05) is 29.8 Å². The summed E-state index contributed by atoms with van der Waals surface area (Å²) in [6.45, 7) is 0. The second-order valence-corrected chi connectivity index (χ2v) is 5.98. The Morgan fingerprint density at radius 2 is 1.68 bits per heavy atom. The second-order valence-electron chi connectivity index (χ2n) is 5.57. The van der Waals surface area contributed by atoms with E-state index < -0.39 is 11.6 Å². The smallest absolute Gasteiger partial charge is 0.227 e. The number of halogens is 3. The molecule has 25 heavy (non-hydrogen) atoms. The Morgan fingerprint density at radius 1 is 0.920 bits per heavy atom. The number of aromatic nitrogens is 1. The highest BCUT2D eigenvalue weighted by molar-refractivity contribution is 6.33. The predicted molar refractivity (Wildman–Crippen MR) is 94.2 cm³/mol. The molecule has 3 aromatic carbocycles. The molecular formula is C19H11ClF2N2O. The monoisotopic (exact) mass is 356 g/mol. The van der Waals surface area contributed by atoms with Gasteiger partial charge in [0.05, 0.1) is 5.02 Å². The van der Waals surface area contributed by atoms with E-state index in [0.717, 1.165) is 23.3 Å². The van der Waals surface area contributed by atoms with Gasteiger partial charge in [-0.3, -0.25) is 0 Å². The minimum absolute atomic E-state index is 0.185. The standard InChI is InChI=1S/C19H11ClF2N2O/c20-14-7-12(23)4-5-13(14)10-2-1-3-11(6-10)19-24-17-8-15(21)16(22)9-18(17)25-19/h1-9H,23H2. The van der Waals surface area contributed by atoms with Gasteiger partial charge in [-0.05, 0) is 29.8 Å². The highest BCUT2D eigenvalue weighted by Gasteiger charge is 2.13. The van der Waals surface area contributed by atoms with Crippen LogP contribution < -0.4 is 5.73 Å². The van der Waals surface area contributed by atoms with Crippen molar-refractivity contribution in [2.45, 2.75) is 0 Å². The molecule has 0 amide bonds. The molecular weight excluding hydrogens is 346 g/mol. The number of rotatable bonds is 2. The van der Waals surface area contributed by atoms with Crippen molar-refractivity contribution in [3.8, 4) is 22.6 Å². The van der Waals surface area contributed by atoms with Crippen molar-refractivity contribution in [1.82, 2.24) is 4.98 Å². The molecule has 1 heterocycles. The Hall–Kier alpha value is -2.92. The molecule has 0 aliphatic carbocycles. The molecule has 1 aromatic heterocycles. The van der Waals surface area contributed by atoms with E-state index in [9.17, 15) is 8.78 Å². The molecule has 2 N–H and O–H groups in total. The van der Waals surface area contributed by atoms with Crippen molar-refractivity contribution < 1.29 is 13.2 Å².